The lowest BCUT2D eigenvalue weighted by molar-refractivity contribution is -0.123. The van der Waals surface area contributed by atoms with Gasteiger partial charge >= 0.3 is 5.97 Å². The van der Waals surface area contributed by atoms with Crippen LogP contribution in [0.15, 0.2) is 24.3 Å². The smallest absolute Gasteiger partial charge is 0.335 e. The molecule has 23 heavy (non-hydrogen) atoms. The Labute approximate surface area is 136 Å². The van der Waals surface area contributed by atoms with Crippen LogP contribution in [-0.4, -0.2) is 35.2 Å². The third-order valence-corrected chi connectivity index (χ3v) is 4.86. The van der Waals surface area contributed by atoms with E-state index in [1.807, 2.05) is 0 Å². The van der Waals surface area contributed by atoms with Crippen molar-refractivity contribution in [2.24, 2.45) is 5.92 Å². The van der Waals surface area contributed by atoms with E-state index in [1.165, 1.54) is 12.8 Å². The summed E-state index contributed by atoms with van der Waals surface area (Å²) in [7, 11) is 0. The molecule has 1 aromatic carbocycles. The number of nitrogens with one attached hydrogen (secondary N) is 1. The van der Waals surface area contributed by atoms with Gasteiger partial charge in [-0.2, -0.15) is 0 Å². The maximum absolute atomic E-state index is 12.3. The summed E-state index contributed by atoms with van der Waals surface area (Å²) in [6.07, 6.45) is 4.43. The minimum absolute atomic E-state index is 0.0333. The molecule has 1 aliphatic heterocycles. The lowest BCUT2D eigenvalue weighted by Gasteiger charge is -2.31. The Morgan fingerprint density at radius 3 is 2.61 bits per heavy atom. The minimum atomic E-state index is -0.936. The highest BCUT2D eigenvalue weighted by Gasteiger charge is 2.48. The molecule has 1 heterocycles. The van der Waals surface area contributed by atoms with Crippen molar-refractivity contribution in [2.45, 2.75) is 50.7 Å². The number of aromatic carboxylic acids is 1. The molecule has 0 aromatic heterocycles. The molecule has 5 heteroatoms. The van der Waals surface area contributed by atoms with Gasteiger partial charge in [0.1, 0.15) is 0 Å². The lowest BCUT2D eigenvalue weighted by atomic mass is 9.90. The summed E-state index contributed by atoms with van der Waals surface area (Å²) in [6.45, 7) is 2.80. The van der Waals surface area contributed by atoms with Crippen LogP contribution in [0.25, 0.3) is 0 Å². The van der Waals surface area contributed by atoms with Gasteiger partial charge in [0.15, 0.2) is 0 Å². The minimum Gasteiger partial charge on any atom is -0.478 e. The Bertz CT molecular complexity index is 594. The first-order chi connectivity index (χ1) is 11.0. The number of hydrogen-bond donors (Lipinski definition) is 2. The van der Waals surface area contributed by atoms with Gasteiger partial charge < -0.3 is 15.2 Å². The molecule has 124 valence electrons. The highest BCUT2D eigenvalue weighted by atomic mass is 16.5. The quantitative estimate of drug-likeness (QED) is 0.845. The van der Waals surface area contributed by atoms with E-state index >= 15 is 0 Å². The van der Waals surface area contributed by atoms with Crippen LogP contribution in [0.2, 0.25) is 0 Å². The standard InChI is InChI=1S/C18H23NO4/c1-18(10-11-23-16(18)13-7-8-13)19-15(20)9-4-12-2-5-14(6-3-12)17(21)22/h2-3,5-6,13,16H,4,7-11H2,1H3,(H,19,20)(H,21,22). The molecule has 5 nitrogen and oxygen atoms in total. The maximum atomic E-state index is 12.3. The maximum Gasteiger partial charge on any atom is 0.335 e. The number of hydrogen-bond acceptors (Lipinski definition) is 3. The summed E-state index contributed by atoms with van der Waals surface area (Å²) < 4.78 is 5.82. The van der Waals surface area contributed by atoms with Crippen LogP contribution in [0.1, 0.15) is 48.5 Å². The summed E-state index contributed by atoms with van der Waals surface area (Å²) in [5.41, 5.74) is 0.989. The van der Waals surface area contributed by atoms with Crippen molar-refractivity contribution in [1.82, 2.24) is 5.32 Å². The summed E-state index contributed by atoms with van der Waals surface area (Å²) in [5, 5.41) is 12.0. The number of benzene rings is 1. The molecular formula is C18H23NO4. The van der Waals surface area contributed by atoms with Crippen LogP contribution in [0.3, 0.4) is 0 Å². The average molecular weight is 317 g/mol. The van der Waals surface area contributed by atoms with Gasteiger partial charge in [-0.05, 0) is 56.2 Å². The van der Waals surface area contributed by atoms with Crippen LogP contribution in [0, 0.1) is 5.92 Å². The van der Waals surface area contributed by atoms with E-state index in [0.717, 1.165) is 12.0 Å². The molecule has 2 unspecified atom stereocenters. The number of ether oxygens (including phenoxy) is 1. The number of amides is 1. The molecule has 1 amide bonds. The first kappa shape index (κ1) is 16.0. The van der Waals surface area contributed by atoms with E-state index in [0.29, 0.717) is 25.4 Å². The first-order valence-electron chi connectivity index (χ1n) is 8.23. The van der Waals surface area contributed by atoms with Gasteiger partial charge in [-0.25, -0.2) is 4.79 Å². The molecule has 2 fully saturated rings. The fourth-order valence-electron chi connectivity index (χ4n) is 3.37. The van der Waals surface area contributed by atoms with E-state index in [1.54, 1.807) is 24.3 Å². The lowest BCUT2D eigenvalue weighted by Crippen LogP contribution is -2.52. The second-order valence-corrected chi connectivity index (χ2v) is 6.85. The summed E-state index contributed by atoms with van der Waals surface area (Å²) in [6, 6.07) is 6.68. The number of carboxylic acid groups (broad SMARTS) is 1. The van der Waals surface area contributed by atoms with Gasteiger partial charge in [0.05, 0.1) is 17.2 Å². The Morgan fingerprint density at radius 2 is 2.00 bits per heavy atom. The fourth-order valence-corrected chi connectivity index (χ4v) is 3.37. The molecule has 2 aliphatic rings. The van der Waals surface area contributed by atoms with E-state index < -0.39 is 5.97 Å². The third-order valence-electron chi connectivity index (χ3n) is 4.86. The highest BCUT2D eigenvalue weighted by molar-refractivity contribution is 5.87. The predicted molar refractivity (Wildman–Crippen MR) is 85.4 cm³/mol. The third kappa shape index (κ3) is 3.72. The van der Waals surface area contributed by atoms with Gasteiger partial charge in [0.25, 0.3) is 0 Å². The zero-order valence-corrected chi connectivity index (χ0v) is 13.4. The average Bonchev–Trinajstić information content (AvgIpc) is 3.28. The second kappa shape index (κ2) is 6.32. The number of carbonyl (C=O) groups excluding carboxylic acids is 1. The molecule has 2 atom stereocenters. The van der Waals surface area contributed by atoms with Crippen LogP contribution in [0.4, 0.5) is 0 Å². The zero-order chi connectivity index (χ0) is 16.4. The Balaban J connectivity index is 1.52. The monoisotopic (exact) mass is 317 g/mol. The van der Waals surface area contributed by atoms with Gasteiger partial charge in [0.2, 0.25) is 5.91 Å². The van der Waals surface area contributed by atoms with E-state index in [9.17, 15) is 9.59 Å². The molecule has 1 aromatic rings. The van der Waals surface area contributed by atoms with E-state index in [4.69, 9.17) is 9.84 Å². The van der Waals surface area contributed by atoms with E-state index in [-0.39, 0.29) is 23.1 Å². The molecule has 0 spiro atoms. The van der Waals surface area contributed by atoms with Crippen molar-refractivity contribution in [2.75, 3.05) is 6.61 Å². The second-order valence-electron chi connectivity index (χ2n) is 6.85. The van der Waals surface area contributed by atoms with Crippen molar-refractivity contribution in [3.05, 3.63) is 35.4 Å². The van der Waals surface area contributed by atoms with Crippen LogP contribution in [-0.2, 0) is 16.0 Å². The van der Waals surface area contributed by atoms with E-state index in [2.05, 4.69) is 12.2 Å². The molecule has 3 rings (SSSR count). The SMILES string of the molecule is CC1(NC(=O)CCc2ccc(C(=O)O)cc2)CCOC1C1CC1. The molecular weight excluding hydrogens is 294 g/mol. The molecule has 2 N–H and O–H groups in total. The Kier molecular flexibility index (Phi) is 4.39. The van der Waals surface area contributed by atoms with Gasteiger partial charge in [-0.15, -0.1) is 0 Å². The largest absolute Gasteiger partial charge is 0.478 e. The normalized spacial score (nSPS) is 26.9. The predicted octanol–water partition coefficient (Wildman–Crippen LogP) is 2.39. The summed E-state index contributed by atoms with van der Waals surface area (Å²) in [5.74, 6) is -0.299. The first-order valence-corrected chi connectivity index (χ1v) is 8.23. The van der Waals surface area contributed by atoms with Crippen molar-refractivity contribution in [3.8, 4) is 0 Å². The van der Waals surface area contributed by atoms with Crippen molar-refractivity contribution in [1.29, 1.82) is 0 Å². The van der Waals surface area contributed by atoms with Crippen LogP contribution < -0.4 is 5.32 Å². The fraction of sp³-hybridized carbons (Fsp3) is 0.556. The van der Waals surface area contributed by atoms with Gasteiger partial charge in [-0.3, -0.25) is 4.79 Å². The van der Waals surface area contributed by atoms with Crippen molar-refractivity contribution in [3.63, 3.8) is 0 Å². The number of aryl methyl sites for hydroxylation is 1. The zero-order valence-electron chi connectivity index (χ0n) is 13.4. The molecule has 1 saturated carbocycles. The van der Waals surface area contributed by atoms with Crippen LogP contribution in [0.5, 0.6) is 0 Å². The van der Waals surface area contributed by atoms with Crippen LogP contribution >= 0.6 is 0 Å². The summed E-state index contributed by atoms with van der Waals surface area (Å²) in [4.78, 5) is 23.1. The molecule has 1 aliphatic carbocycles. The number of carboxylic acids is 1. The summed E-state index contributed by atoms with van der Waals surface area (Å²) >= 11 is 0. The van der Waals surface area contributed by atoms with Crippen molar-refractivity contribution < 1.29 is 19.4 Å². The highest BCUT2D eigenvalue weighted by Crippen LogP contribution is 2.43. The molecule has 0 radical (unpaired) electrons. The molecule has 1 saturated heterocycles. The Hall–Kier alpha value is -1.88. The molecule has 0 bridgehead atoms. The van der Waals surface area contributed by atoms with Crippen molar-refractivity contribution >= 4 is 11.9 Å². The van der Waals surface area contributed by atoms with Gasteiger partial charge in [0, 0.05) is 13.0 Å². The number of rotatable bonds is 6. The van der Waals surface area contributed by atoms with Gasteiger partial charge in [-0.1, -0.05) is 12.1 Å². The number of carbonyl (C=O) groups is 2. The topological polar surface area (TPSA) is 75.6 Å². The Morgan fingerprint density at radius 1 is 1.30 bits per heavy atom.